The number of aliphatic carboxylic acids is 1. The van der Waals surface area contributed by atoms with Crippen molar-refractivity contribution in [2.75, 3.05) is 26.3 Å². The topological polar surface area (TPSA) is 78.9 Å². The molecule has 0 bridgehead atoms. The molecule has 0 aliphatic carbocycles. The second-order valence-electron chi connectivity index (χ2n) is 6.62. The van der Waals surface area contributed by atoms with Crippen molar-refractivity contribution in [1.82, 2.24) is 10.2 Å². The van der Waals surface area contributed by atoms with Crippen molar-refractivity contribution in [3.63, 3.8) is 0 Å². The summed E-state index contributed by atoms with van der Waals surface area (Å²) in [5.74, 6) is -0.722. The number of nitrogens with one attached hydrogen (secondary N) is 1. The first-order valence-electron chi connectivity index (χ1n) is 7.79. The third kappa shape index (κ3) is 3.48. The number of carboxylic acids is 1. The number of ether oxygens (including phenoxy) is 1. The van der Waals surface area contributed by atoms with Crippen LogP contribution in [-0.2, 0) is 9.53 Å². The summed E-state index contributed by atoms with van der Waals surface area (Å²) >= 11 is 0. The number of rotatable bonds is 4. The number of hydrogen-bond acceptors (Lipinski definition) is 3. The quantitative estimate of drug-likeness (QED) is 0.830. The lowest BCUT2D eigenvalue weighted by molar-refractivity contribution is -0.152. The van der Waals surface area contributed by atoms with Crippen molar-refractivity contribution in [3.8, 4) is 0 Å². The Morgan fingerprint density at radius 2 is 1.95 bits per heavy atom. The van der Waals surface area contributed by atoms with Crippen molar-refractivity contribution in [2.45, 2.75) is 51.5 Å². The molecule has 0 aromatic heterocycles. The first-order chi connectivity index (χ1) is 9.91. The van der Waals surface area contributed by atoms with E-state index in [1.54, 1.807) is 4.90 Å². The second-order valence-corrected chi connectivity index (χ2v) is 6.62. The van der Waals surface area contributed by atoms with Gasteiger partial charge in [-0.05, 0) is 32.6 Å². The Kier molecular flexibility index (Phi) is 4.76. The van der Waals surface area contributed by atoms with Crippen molar-refractivity contribution in [1.29, 1.82) is 0 Å². The molecule has 0 saturated carbocycles. The second kappa shape index (κ2) is 6.22. The Bertz CT molecular complexity index is 396. The molecule has 120 valence electrons. The maximum Gasteiger partial charge on any atom is 0.317 e. The predicted molar refractivity (Wildman–Crippen MR) is 78.2 cm³/mol. The van der Waals surface area contributed by atoms with Crippen LogP contribution in [-0.4, -0.2) is 53.8 Å². The monoisotopic (exact) mass is 298 g/mol. The van der Waals surface area contributed by atoms with Gasteiger partial charge in [0, 0.05) is 19.7 Å². The van der Waals surface area contributed by atoms with Crippen molar-refractivity contribution >= 4 is 12.0 Å². The van der Waals surface area contributed by atoms with E-state index in [-0.39, 0.29) is 11.6 Å². The number of amides is 2. The van der Waals surface area contributed by atoms with Gasteiger partial charge < -0.3 is 20.1 Å². The summed E-state index contributed by atoms with van der Waals surface area (Å²) in [4.78, 5) is 25.6. The molecular weight excluding hydrogens is 272 g/mol. The minimum Gasteiger partial charge on any atom is -0.481 e. The van der Waals surface area contributed by atoms with E-state index < -0.39 is 11.4 Å². The Labute approximate surface area is 125 Å². The van der Waals surface area contributed by atoms with Gasteiger partial charge in [-0.2, -0.15) is 0 Å². The molecule has 2 amide bonds. The highest BCUT2D eigenvalue weighted by atomic mass is 16.5. The molecule has 0 radical (unpaired) electrons. The van der Waals surface area contributed by atoms with Gasteiger partial charge in [-0.3, -0.25) is 4.79 Å². The molecule has 1 unspecified atom stereocenters. The Hall–Kier alpha value is -1.30. The van der Waals surface area contributed by atoms with Crippen LogP contribution in [0.15, 0.2) is 0 Å². The molecule has 2 aliphatic heterocycles. The number of carbonyl (C=O) groups is 2. The molecule has 0 aromatic rings. The molecule has 2 N–H and O–H groups in total. The first kappa shape index (κ1) is 16.1. The average molecular weight is 298 g/mol. The molecule has 1 atom stereocenters. The molecular formula is C15H26N2O4. The minimum absolute atomic E-state index is 0.0986. The molecule has 2 saturated heterocycles. The average Bonchev–Trinajstić information content (AvgIpc) is 2.86. The van der Waals surface area contributed by atoms with E-state index in [9.17, 15) is 14.7 Å². The summed E-state index contributed by atoms with van der Waals surface area (Å²) < 4.78 is 5.33. The zero-order chi connectivity index (χ0) is 15.5. The fourth-order valence-electron chi connectivity index (χ4n) is 3.29. The van der Waals surface area contributed by atoms with Crippen LogP contribution in [0.2, 0.25) is 0 Å². The lowest BCUT2D eigenvalue weighted by Gasteiger charge is -2.40. The van der Waals surface area contributed by atoms with Crippen molar-refractivity contribution in [3.05, 3.63) is 0 Å². The number of carbonyl (C=O) groups excluding carboxylic acids is 1. The van der Waals surface area contributed by atoms with Crippen LogP contribution in [0.5, 0.6) is 0 Å². The van der Waals surface area contributed by atoms with E-state index in [0.717, 1.165) is 12.8 Å². The first-order valence-corrected chi connectivity index (χ1v) is 7.79. The van der Waals surface area contributed by atoms with E-state index in [0.29, 0.717) is 45.6 Å². The van der Waals surface area contributed by atoms with Crippen LogP contribution in [0.1, 0.15) is 46.0 Å². The normalized spacial score (nSPS) is 28.4. The van der Waals surface area contributed by atoms with Crippen molar-refractivity contribution in [2.24, 2.45) is 5.41 Å². The SMILES string of the molecule is CCCC1(C(=O)O)CCN(C(=O)NC2(C)CCOC2)CC1. The smallest absolute Gasteiger partial charge is 0.317 e. The highest BCUT2D eigenvalue weighted by Crippen LogP contribution is 2.36. The van der Waals surface area contributed by atoms with Gasteiger partial charge >= 0.3 is 12.0 Å². The Balaban J connectivity index is 1.90. The zero-order valence-corrected chi connectivity index (χ0v) is 13.0. The number of nitrogens with zero attached hydrogens (tertiary/aromatic N) is 1. The minimum atomic E-state index is -0.722. The van der Waals surface area contributed by atoms with Gasteiger partial charge in [0.15, 0.2) is 0 Å². The highest BCUT2D eigenvalue weighted by Gasteiger charge is 2.42. The summed E-state index contributed by atoms with van der Waals surface area (Å²) in [5.41, 5.74) is -0.937. The fourth-order valence-corrected chi connectivity index (χ4v) is 3.29. The van der Waals surface area contributed by atoms with Gasteiger partial charge in [-0.25, -0.2) is 4.79 Å². The number of urea groups is 1. The fraction of sp³-hybridized carbons (Fsp3) is 0.867. The molecule has 6 nitrogen and oxygen atoms in total. The van der Waals surface area contributed by atoms with Crippen LogP contribution in [0.25, 0.3) is 0 Å². The molecule has 2 heterocycles. The Morgan fingerprint density at radius 1 is 1.29 bits per heavy atom. The van der Waals surface area contributed by atoms with E-state index in [1.165, 1.54) is 0 Å². The van der Waals surface area contributed by atoms with Gasteiger partial charge in [0.2, 0.25) is 0 Å². The van der Waals surface area contributed by atoms with Crippen LogP contribution < -0.4 is 5.32 Å². The Morgan fingerprint density at radius 3 is 2.43 bits per heavy atom. The standard InChI is InChI=1S/C15H26N2O4/c1-3-4-15(12(18)19)5-8-17(9-6-15)13(20)16-14(2)7-10-21-11-14/h3-11H2,1-2H3,(H,16,20)(H,18,19). The number of hydrogen-bond donors (Lipinski definition) is 2. The van der Waals surface area contributed by atoms with Gasteiger partial charge in [0.25, 0.3) is 0 Å². The lowest BCUT2D eigenvalue weighted by atomic mass is 9.75. The molecule has 21 heavy (non-hydrogen) atoms. The number of piperidine rings is 1. The molecule has 2 aliphatic rings. The third-order valence-corrected chi connectivity index (χ3v) is 4.82. The predicted octanol–water partition coefficient (Wildman–Crippen LogP) is 1.84. The van der Waals surface area contributed by atoms with Crippen LogP contribution >= 0.6 is 0 Å². The molecule has 2 rings (SSSR count). The summed E-state index contributed by atoms with van der Waals surface area (Å²) in [6.45, 7) is 6.23. The maximum atomic E-state index is 12.3. The third-order valence-electron chi connectivity index (χ3n) is 4.82. The van der Waals surface area contributed by atoms with Crippen molar-refractivity contribution < 1.29 is 19.4 Å². The number of carboxylic acid groups (broad SMARTS) is 1. The van der Waals surface area contributed by atoms with Gasteiger partial charge in [-0.15, -0.1) is 0 Å². The van der Waals surface area contributed by atoms with Gasteiger partial charge in [0.1, 0.15) is 0 Å². The van der Waals surface area contributed by atoms with E-state index in [1.807, 2.05) is 13.8 Å². The van der Waals surface area contributed by atoms with Gasteiger partial charge in [0.05, 0.1) is 17.6 Å². The maximum absolute atomic E-state index is 12.3. The summed E-state index contributed by atoms with van der Waals surface area (Å²) in [6.07, 6.45) is 3.44. The molecule has 0 aromatic carbocycles. The molecule has 6 heteroatoms. The van der Waals surface area contributed by atoms with E-state index in [4.69, 9.17) is 4.74 Å². The van der Waals surface area contributed by atoms with E-state index in [2.05, 4.69) is 5.32 Å². The highest BCUT2D eigenvalue weighted by molar-refractivity contribution is 5.77. The van der Waals surface area contributed by atoms with E-state index >= 15 is 0 Å². The zero-order valence-electron chi connectivity index (χ0n) is 13.0. The van der Waals surface area contributed by atoms with Crippen LogP contribution in [0, 0.1) is 5.41 Å². The lowest BCUT2D eigenvalue weighted by Crippen LogP contribution is -2.55. The largest absolute Gasteiger partial charge is 0.481 e. The van der Waals surface area contributed by atoms with Crippen LogP contribution in [0.4, 0.5) is 4.79 Å². The summed E-state index contributed by atoms with van der Waals surface area (Å²) in [5, 5.41) is 12.5. The molecule has 0 spiro atoms. The summed E-state index contributed by atoms with van der Waals surface area (Å²) in [7, 11) is 0. The summed E-state index contributed by atoms with van der Waals surface area (Å²) in [6, 6.07) is -0.0986. The van der Waals surface area contributed by atoms with Crippen LogP contribution in [0.3, 0.4) is 0 Å². The van der Waals surface area contributed by atoms with Gasteiger partial charge in [-0.1, -0.05) is 13.3 Å². The molecule has 2 fully saturated rings. The number of likely N-dealkylation sites (tertiary alicyclic amines) is 1.